The fraction of sp³-hybridized carbons (Fsp3) is 0.889. The van der Waals surface area contributed by atoms with Crippen LogP contribution in [0.3, 0.4) is 0 Å². The molecule has 0 amide bonds. The van der Waals surface area contributed by atoms with Gasteiger partial charge in [-0.15, -0.1) is 0 Å². The normalized spacial score (nSPS) is 52.4. The van der Waals surface area contributed by atoms with E-state index in [2.05, 4.69) is 10.3 Å². The second-order valence-electron chi connectivity index (χ2n) is 4.07. The van der Waals surface area contributed by atoms with Crippen LogP contribution in [-0.4, -0.2) is 18.4 Å². The van der Waals surface area contributed by atoms with Gasteiger partial charge in [-0.3, -0.25) is 4.99 Å². The smallest absolute Gasteiger partial charge is 0.0831 e. The van der Waals surface area contributed by atoms with E-state index in [4.69, 9.17) is 0 Å². The lowest BCUT2D eigenvalue weighted by atomic mass is 9.59. The summed E-state index contributed by atoms with van der Waals surface area (Å²) in [6.45, 7) is 0. The van der Waals surface area contributed by atoms with E-state index in [-0.39, 0.29) is 0 Å². The molecule has 0 aromatic heterocycles. The van der Waals surface area contributed by atoms with Gasteiger partial charge in [-0.05, 0) is 24.7 Å². The van der Waals surface area contributed by atoms with Gasteiger partial charge in [-0.2, -0.15) is 0 Å². The van der Waals surface area contributed by atoms with Crippen LogP contribution >= 0.6 is 0 Å². The summed E-state index contributed by atoms with van der Waals surface area (Å²) in [6, 6.07) is 1.40. The zero-order valence-corrected chi connectivity index (χ0v) is 6.66. The largest absolute Gasteiger partial charge is 0.371 e. The van der Waals surface area contributed by atoms with Crippen LogP contribution in [0.25, 0.3) is 0 Å². The van der Waals surface area contributed by atoms with Gasteiger partial charge in [-0.25, -0.2) is 0 Å². The molecule has 0 aromatic rings. The molecule has 0 bridgehead atoms. The number of nitrogens with zero attached hydrogens (tertiary/aromatic N) is 1. The summed E-state index contributed by atoms with van der Waals surface area (Å²) in [5.74, 6) is 1.91. The van der Waals surface area contributed by atoms with E-state index in [0.717, 1.165) is 17.9 Å². The van der Waals surface area contributed by atoms with Crippen LogP contribution in [0.2, 0.25) is 0 Å². The summed E-state index contributed by atoms with van der Waals surface area (Å²) >= 11 is 0. The van der Waals surface area contributed by atoms with Gasteiger partial charge in [0, 0.05) is 0 Å². The first-order chi connectivity index (χ1) is 5.47. The van der Waals surface area contributed by atoms with Crippen molar-refractivity contribution >= 4 is 6.34 Å². The molecule has 2 aliphatic carbocycles. The number of hydrogen-bond acceptors (Lipinski definition) is 2. The van der Waals surface area contributed by atoms with E-state index in [9.17, 15) is 0 Å². The molecule has 1 aliphatic heterocycles. The van der Waals surface area contributed by atoms with Gasteiger partial charge in [0.05, 0.1) is 18.4 Å². The molecule has 0 radical (unpaired) electrons. The lowest BCUT2D eigenvalue weighted by molar-refractivity contribution is 0.0533. The highest BCUT2D eigenvalue weighted by Crippen LogP contribution is 2.47. The van der Waals surface area contributed by atoms with Crippen molar-refractivity contribution in [2.45, 2.75) is 37.8 Å². The second-order valence-corrected chi connectivity index (χ2v) is 4.07. The average molecular weight is 150 g/mol. The Balaban J connectivity index is 1.81. The average Bonchev–Trinajstić information content (AvgIpc) is 2.44. The lowest BCUT2D eigenvalue weighted by Gasteiger charge is -2.50. The Labute approximate surface area is 67.1 Å². The zero-order chi connectivity index (χ0) is 7.26. The van der Waals surface area contributed by atoms with Crippen LogP contribution in [0.5, 0.6) is 0 Å². The highest BCUT2D eigenvalue weighted by molar-refractivity contribution is 5.59. The third-order valence-electron chi connectivity index (χ3n) is 3.66. The zero-order valence-electron chi connectivity index (χ0n) is 6.66. The standard InChI is InChI=1S/C9H14N2/c1-2-4-7-6(3-1)8-9(7)11-5-10-8/h5-9H,1-4H2,(H,10,11). The van der Waals surface area contributed by atoms with Gasteiger partial charge in [0.25, 0.3) is 0 Å². The number of hydrogen-bond donors (Lipinski definition) is 1. The van der Waals surface area contributed by atoms with Gasteiger partial charge < -0.3 is 5.32 Å². The molecule has 2 saturated carbocycles. The van der Waals surface area contributed by atoms with Crippen molar-refractivity contribution in [3.63, 3.8) is 0 Å². The van der Waals surface area contributed by atoms with Gasteiger partial charge in [0.1, 0.15) is 0 Å². The molecule has 0 saturated heterocycles. The number of fused-ring (bicyclic) bond motifs is 4. The molecule has 1 N–H and O–H groups in total. The molecule has 3 rings (SSSR count). The molecule has 11 heavy (non-hydrogen) atoms. The summed E-state index contributed by atoms with van der Waals surface area (Å²) in [5, 5.41) is 3.36. The summed E-state index contributed by atoms with van der Waals surface area (Å²) in [7, 11) is 0. The first kappa shape index (κ1) is 6.04. The third kappa shape index (κ3) is 0.652. The summed E-state index contributed by atoms with van der Waals surface area (Å²) in [5.41, 5.74) is 0. The minimum atomic E-state index is 0.667. The molecular formula is C9H14N2. The van der Waals surface area contributed by atoms with E-state index >= 15 is 0 Å². The Morgan fingerprint density at radius 1 is 1.18 bits per heavy atom. The van der Waals surface area contributed by atoms with E-state index in [1.54, 1.807) is 0 Å². The monoisotopic (exact) mass is 150 g/mol. The number of rotatable bonds is 0. The third-order valence-corrected chi connectivity index (χ3v) is 3.66. The quantitative estimate of drug-likeness (QED) is 0.551. The van der Waals surface area contributed by atoms with E-state index < -0.39 is 0 Å². The number of nitrogens with one attached hydrogen (secondary N) is 1. The minimum absolute atomic E-state index is 0.667. The van der Waals surface area contributed by atoms with Crippen molar-refractivity contribution in [2.24, 2.45) is 16.8 Å². The van der Waals surface area contributed by atoms with E-state index in [0.29, 0.717) is 6.04 Å². The fourth-order valence-corrected chi connectivity index (χ4v) is 3.07. The summed E-state index contributed by atoms with van der Waals surface area (Å²) in [6.07, 6.45) is 7.70. The Morgan fingerprint density at radius 2 is 2.00 bits per heavy atom. The fourth-order valence-electron chi connectivity index (χ4n) is 3.07. The van der Waals surface area contributed by atoms with Crippen molar-refractivity contribution in [3.8, 4) is 0 Å². The first-order valence-electron chi connectivity index (χ1n) is 4.74. The van der Waals surface area contributed by atoms with Crippen molar-refractivity contribution in [1.29, 1.82) is 0 Å². The van der Waals surface area contributed by atoms with E-state index in [1.165, 1.54) is 25.7 Å². The molecule has 0 spiro atoms. The highest BCUT2D eigenvalue weighted by Gasteiger charge is 2.52. The van der Waals surface area contributed by atoms with Gasteiger partial charge in [0.15, 0.2) is 0 Å². The Hall–Kier alpha value is -0.530. The van der Waals surface area contributed by atoms with Gasteiger partial charge in [-0.1, -0.05) is 12.8 Å². The molecule has 2 fully saturated rings. The SMILES string of the molecule is C1=NC2C3CCCCC3C2N1. The van der Waals surface area contributed by atoms with Crippen LogP contribution in [0.1, 0.15) is 25.7 Å². The first-order valence-corrected chi connectivity index (χ1v) is 4.74. The Kier molecular flexibility index (Phi) is 1.09. The van der Waals surface area contributed by atoms with Crippen molar-refractivity contribution < 1.29 is 0 Å². The van der Waals surface area contributed by atoms with Gasteiger partial charge >= 0.3 is 0 Å². The predicted octanol–water partition coefficient (Wildman–Crippen LogP) is 1.18. The topological polar surface area (TPSA) is 24.4 Å². The molecule has 60 valence electrons. The Bertz CT molecular complexity index is 200. The summed E-state index contributed by atoms with van der Waals surface area (Å²) in [4.78, 5) is 4.45. The van der Waals surface area contributed by atoms with Crippen molar-refractivity contribution in [2.75, 3.05) is 0 Å². The molecule has 4 unspecified atom stereocenters. The maximum Gasteiger partial charge on any atom is 0.0831 e. The molecule has 0 aromatic carbocycles. The lowest BCUT2D eigenvalue weighted by Crippen LogP contribution is -2.58. The Morgan fingerprint density at radius 3 is 2.91 bits per heavy atom. The van der Waals surface area contributed by atoms with Crippen molar-refractivity contribution in [1.82, 2.24) is 5.32 Å². The number of aliphatic imine (C=N–C) groups is 1. The molecular weight excluding hydrogens is 136 g/mol. The summed E-state index contributed by atoms with van der Waals surface area (Å²) < 4.78 is 0. The maximum atomic E-state index is 4.45. The molecule has 2 heteroatoms. The van der Waals surface area contributed by atoms with Crippen LogP contribution in [0.4, 0.5) is 0 Å². The van der Waals surface area contributed by atoms with Crippen LogP contribution in [-0.2, 0) is 0 Å². The molecule has 2 nitrogen and oxygen atoms in total. The van der Waals surface area contributed by atoms with Crippen LogP contribution in [0, 0.1) is 11.8 Å². The molecule has 3 aliphatic rings. The predicted molar refractivity (Wildman–Crippen MR) is 44.7 cm³/mol. The highest BCUT2D eigenvalue weighted by atomic mass is 15.1. The molecule has 4 atom stereocenters. The molecule has 1 heterocycles. The van der Waals surface area contributed by atoms with Crippen LogP contribution in [0.15, 0.2) is 4.99 Å². The van der Waals surface area contributed by atoms with Gasteiger partial charge in [0.2, 0.25) is 0 Å². The van der Waals surface area contributed by atoms with Crippen LogP contribution < -0.4 is 5.32 Å². The van der Waals surface area contributed by atoms with Crippen molar-refractivity contribution in [3.05, 3.63) is 0 Å². The second kappa shape index (κ2) is 1.99. The maximum absolute atomic E-state index is 4.45. The minimum Gasteiger partial charge on any atom is -0.371 e. The van der Waals surface area contributed by atoms with E-state index in [1.807, 2.05) is 6.34 Å².